The summed E-state index contributed by atoms with van der Waals surface area (Å²) in [6, 6.07) is 5.39. The molecule has 1 aromatic carbocycles. The molecule has 2 aromatic rings. The molecule has 2 amide bonds. The van der Waals surface area contributed by atoms with Crippen LogP contribution >= 0.6 is 0 Å². The van der Waals surface area contributed by atoms with Crippen LogP contribution in [0.2, 0.25) is 0 Å². The van der Waals surface area contributed by atoms with Gasteiger partial charge in [0.25, 0.3) is 5.91 Å². The number of nitrogens with one attached hydrogen (secondary N) is 4. The molecule has 0 radical (unpaired) electrons. The number of allylic oxidation sites excluding steroid dienone is 1. The third-order valence-corrected chi connectivity index (χ3v) is 7.08. The number of hydrogen-bond donors (Lipinski definition) is 8. The number of carbonyl (C=O) groups excluding carboxylic acids is 2. The monoisotopic (exact) mass is 692 g/mol. The normalized spacial score (nSPS) is 20.6. The van der Waals surface area contributed by atoms with Crippen LogP contribution in [-0.2, 0) is 14.4 Å². The van der Waals surface area contributed by atoms with E-state index in [1.165, 1.54) is 0 Å². The third kappa shape index (κ3) is 11.9. The summed E-state index contributed by atoms with van der Waals surface area (Å²) in [5.41, 5.74) is 12.8. The van der Waals surface area contributed by atoms with Gasteiger partial charge in [0.05, 0.1) is 11.4 Å². The molecule has 4 rings (SSSR count). The third-order valence-electron chi connectivity index (χ3n) is 7.08. The number of carbonyl (C=O) groups is 4. The average molecular weight is 693 g/mol. The van der Waals surface area contributed by atoms with Gasteiger partial charge in [0.2, 0.25) is 11.7 Å². The number of aromatic nitrogens is 2. The number of carboxylic acid groups (broad SMARTS) is 2. The summed E-state index contributed by atoms with van der Waals surface area (Å²) in [4.78, 5) is 51.9. The lowest BCUT2D eigenvalue weighted by atomic mass is 9.88. The zero-order valence-corrected chi connectivity index (χ0v) is 25.3. The molecule has 1 fully saturated rings. The number of halogens is 6. The van der Waals surface area contributed by atoms with E-state index < -0.39 is 48.1 Å². The highest BCUT2D eigenvalue weighted by atomic mass is 19.4. The number of alkyl halides is 6. The molecule has 20 heteroatoms. The van der Waals surface area contributed by atoms with E-state index in [-0.39, 0.29) is 23.9 Å². The molecule has 264 valence electrons. The molecule has 2 aliphatic rings. The summed E-state index contributed by atoms with van der Waals surface area (Å²) in [5, 5.41) is 32.2. The molecule has 0 saturated heterocycles. The number of amides is 2. The Balaban J connectivity index is 0.000000479. The Morgan fingerprint density at radius 2 is 1.40 bits per heavy atom. The molecule has 2 aliphatic carbocycles. The Labute approximate surface area is 268 Å². The standard InChI is InChI=1S/C24H32N8O2.2C2HF3O2/c1-13-10-11-17-15(12-13)21(29-18-8-4-5-9-19(18)31-24(26)27)32-22(28-17)23(34)30-16-7-3-2-6-14(16)20(25)33;2*3-2(4,5)1(6)7/h2-3,10-12,14,16,18-19H,4-9H2,1H3,(H2,25,33)(H,30,34)(H4,26,27,31)(H,28,29,32);2*(H,6,7)/t14-,16+,18?,19?;;/m1../s1. The number of nitrogens with two attached hydrogens (primary N) is 2. The van der Waals surface area contributed by atoms with Crippen LogP contribution in [0.15, 0.2) is 30.4 Å². The summed E-state index contributed by atoms with van der Waals surface area (Å²) in [7, 11) is 0. The minimum atomic E-state index is -5.08. The molecule has 0 aliphatic heterocycles. The zero-order chi connectivity index (χ0) is 36.4. The van der Waals surface area contributed by atoms with Crippen molar-refractivity contribution in [1.29, 1.82) is 5.41 Å². The van der Waals surface area contributed by atoms with Gasteiger partial charge in [0.1, 0.15) is 5.82 Å². The van der Waals surface area contributed by atoms with E-state index in [0.717, 1.165) is 36.6 Å². The van der Waals surface area contributed by atoms with Crippen molar-refractivity contribution in [2.24, 2.45) is 17.4 Å². The lowest BCUT2D eigenvalue weighted by molar-refractivity contribution is -0.193. The van der Waals surface area contributed by atoms with E-state index in [2.05, 4.69) is 25.9 Å². The first-order chi connectivity index (χ1) is 22.2. The molecule has 14 nitrogen and oxygen atoms in total. The van der Waals surface area contributed by atoms with Gasteiger partial charge in [-0.1, -0.05) is 36.6 Å². The predicted molar refractivity (Wildman–Crippen MR) is 159 cm³/mol. The maximum atomic E-state index is 13.1. The van der Waals surface area contributed by atoms with Gasteiger partial charge in [0, 0.05) is 23.5 Å². The second-order valence-corrected chi connectivity index (χ2v) is 10.8. The fourth-order valence-corrected chi connectivity index (χ4v) is 4.83. The summed E-state index contributed by atoms with van der Waals surface area (Å²) >= 11 is 0. The first kappa shape index (κ1) is 39.0. The molecule has 2 unspecified atom stereocenters. The van der Waals surface area contributed by atoms with Crippen LogP contribution in [-0.4, -0.2) is 80.4 Å². The topological polar surface area (TPSA) is 246 Å². The van der Waals surface area contributed by atoms with Crippen molar-refractivity contribution in [2.45, 2.75) is 75.9 Å². The number of anilines is 1. The van der Waals surface area contributed by atoms with E-state index in [0.29, 0.717) is 24.2 Å². The number of aliphatic carboxylic acids is 2. The highest BCUT2D eigenvalue weighted by Crippen LogP contribution is 2.27. The SMILES string of the molecule is Cc1ccc2nc(C(=O)N[C@H]3CC=CC[C@H]3C(N)=O)nc(NC3CCCCC3NC(=N)N)c2c1.O=C(O)C(F)(F)F.O=C(O)C(F)(F)F. The van der Waals surface area contributed by atoms with Gasteiger partial charge in [-0.25, -0.2) is 19.6 Å². The van der Waals surface area contributed by atoms with Gasteiger partial charge in [-0.15, -0.1) is 0 Å². The Morgan fingerprint density at radius 1 is 0.854 bits per heavy atom. The van der Waals surface area contributed by atoms with Gasteiger partial charge >= 0.3 is 24.3 Å². The Morgan fingerprint density at radius 3 is 1.92 bits per heavy atom. The zero-order valence-electron chi connectivity index (χ0n) is 25.3. The van der Waals surface area contributed by atoms with Gasteiger partial charge < -0.3 is 37.6 Å². The highest BCUT2D eigenvalue weighted by Gasteiger charge is 2.39. The number of primary amides is 1. The average Bonchev–Trinajstić information content (AvgIpc) is 2.98. The van der Waals surface area contributed by atoms with Crippen LogP contribution < -0.4 is 27.4 Å². The Bertz CT molecular complexity index is 1510. The van der Waals surface area contributed by atoms with E-state index in [9.17, 15) is 35.9 Å². The van der Waals surface area contributed by atoms with Gasteiger partial charge in [0.15, 0.2) is 5.96 Å². The fraction of sp³-hybridized carbons (Fsp3) is 0.464. The second kappa shape index (κ2) is 16.6. The lowest BCUT2D eigenvalue weighted by Gasteiger charge is -2.33. The number of guanidine groups is 1. The van der Waals surface area contributed by atoms with Crippen molar-refractivity contribution in [3.05, 3.63) is 41.7 Å². The van der Waals surface area contributed by atoms with Crippen molar-refractivity contribution in [3.63, 3.8) is 0 Å². The van der Waals surface area contributed by atoms with Crippen molar-refractivity contribution >= 4 is 46.4 Å². The van der Waals surface area contributed by atoms with Crippen molar-refractivity contribution < 1.29 is 55.7 Å². The maximum absolute atomic E-state index is 13.1. The van der Waals surface area contributed by atoms with E-state index in [1.54, 1.807) is 0 Å². The Kier molecular flexibility index (Phi) is 13.5. The predicted octanol–water partition coefficient (Wildman–Crippen LogP) is 2.96. The van der Waals surface area contributed by atoms with Crippen molar-refractivity contribution in [1.82, 2.24) is 20.6 Å². The minimum Gasteiger partial charge on any atom is -0.475 e. The quantitative estimate of drug-likeness (QED) is 0.0946. The summed E-state index contributed by atoms with van der Waals surface area (Å²) in [6.45, 7) is 1.99. The molecule has 1 saturated carbocycles. The molecule has 4 atom stereocenters. The minimum absolute atomic E-state index is 0.00472. The van der Waals surface area contributed by atoms with Crippen LogP contribution in [0.25, 0.3) is 10.9 Å². The number of rotatable bonds is 6. The lowest BCUT2D eigenvalue weighted by Crippen LogP contribution is -2.50. The van der Waals surface area contributed by atoms with Gasteiger partial charge in [-0.3, -0.25) is 15.0 Å². The highest BCUT2D eigenvalue weighted by molar-refractivity contribution is 5.97. The molecule has 10 N–H and O–H groups in total. The fourth-order valence-electron chi connectivity index (χ4n) is 4.83. The van der Waals surface area contributed by atoms with Gasteiger partial charge in [-0.05, 0) is 44.7 Å². The molecule has 48 heavy (non-hydrogen) atoms. The summed E-state index contributed by atoms with van der Waals surface area (Å²) in [6.07, 6.45) is -1.43. The Hall–Kier alpha value is -5.17. The van der Waals surface area contributed by atoms with E-state index in [1.807, 2.05) is 37.3 Å². The molecule has 1 aromatic heterocycles. The molecular formula is C28H34F6N8O6. The second-order valence-electron chi connectivity index (χ2n) is 10.8. The van der Waals surface area contributed by atoms with Crippen molar-refractivity contribution in [3.8, 4) is 0 Å². The summed E-state index contributed by atoms with van der Waals surface area (Å²) < 4.78 is 63.5. The van der Waals surface area contributed by atoms with Crippen molar-refractivity contribution in [2.75, 3.05) is 5.32 Å². The van der Waals surface area contributed by atoms with E-state index in [4.69, 9.17) is 36.7 Å². The number of hydrogen-bond acceptors (Lipinski definition) is 8. The molecule has 0 bridgehead atoms. The number of carboxylic acids is 2. The summed E-state index contributed by atoms with van der Waals surface area (Å²) in [5.74, 6) is -6.32. The van der Waals surface area contributed by atoms with Crippen LogP contribution in [0.5, 0.6) is 0 Å². The first-order valence-corrected chi connectivity index (χ1v) is 14.2. The smallest absolute Gasteiger partial charge is 0.475 e. The number of nitrogens with zero attached hydrogens (tertiary/aromatic N) is 2. The van der Waals surface area contributed by atoms with Crippen LogP contribution in [0.1, 0.15) is 54.7 Å². The largest absolute Gasteiger partial charge is 0.490 e. The van der Waals surface area contributed by atoms with E-state index >= 15 is 0 Å². The van der Waals surface area contributed by atoms with Crippen LogP contribution in [0, 0.1) is 18.3 Å². The maximum Gasteiger partial charge on any atom is 0.490 e. The molecular weight excluding hydrogens is 658 g/mol. The molecule has 0 spiro atoms. The molecule has 1 heterocycles. The first-order valence-electron chi connectivity index (χ1n) is 14.2. The van der Waals surface area contributed by atoms with Crippen LogP contribution in [0.4, 0.5) is 32.2 Å². The number of benzene rings is 1. The van der Waals surface area contributed by atoms with Gasteiger partial charge in [-0.2, -0.15) is 26.3 Å². The van der Waals surface area contributed by atoms with Crippen LogP contribution in [0.3, 0.4) is 0 Å². The number of aryl methyl sites for hydroxylation is 1. The number of fused-ring (bicyclic) bond motifs is 1.